The van der Waals surface area contributed by atoms with E-state index in [1.54, 1.807) is 6.26 Å². The van der Waals surface area contributed by atoms with Gasteiger partial charge in [0, 0.05) is 6.54 Å². The van der Waals surface area contributed by atoms with Crippen molar-refractivity contribution in [3.05, 3.63) is 24.2 Å². The largest absolute Gasteiger partial charge is 0.481 e. The van der Waals surface area contributed by atoms with Gasteiger partial charge in [-0.15, -0.1) is 0 Å². The predicted molar refractivity (Wildman–Crippen MR) is 59.1 cm³/mol. The number of likely N-dealkylation sites (tertiary alicyclic amines) is 1. The van der Waals surface area contributed by atoms with Crippen LogP contribution in [0.5, 0.6) is 0 Å². The first kappa shape index (κ1) is 11.2. The van der Waals surface area contributed by atoms with Crippen molar-refractivity contribution in [3.8, 4) is 0 Å². The topological polar surface area (TPSA) is 53.7 Å². The van der Waals surface area contributed by atoms with E-state index in [1.165, 1.54) is 0 Å². The van der Waals surface area contributed by atoms with Gasteiger partial charge in [-0.1, -0.05) is 0 Å². The summed E-state index contributed by atoms with van der Waals surface area (Å²) in [7, 11) is 0. The van der Waals surface area contributed by atoms with Crippen LogP contribution in [-0.4, -0.2) is 29.1 Å². The second kappa shape index (κ2) is 4.70. The second-order valence-electron chi connectivity index (χ2n) is 4.36. The molecule has 1 aliphatic heterocycles. The highest BCUT2D eigenvalue weighted by atomic mass is 16.4. The molecule has 2 heterocycles. The molecule has 1 fully saturated rings. The van der Waals surface area contributed by atoms with E-state index in [9.17, 15) is 4.79 Å². The first-order valence-corrected chi connectivity index (χ1v) is 5.68. The number of aliphatic carboxylic acids is 1. The molecule has 4 nitrogen and oxygen atoms in total. The quantitative estimate of drug-likeness (QED) is 0.853. The van der Waals surface area contributed by atoms with Gasteiger partial charge in [0.25, 0.3) is 0 Å². The van der Waals surface area contributed by atoms with E-state index >= 15 is 0 Å². The lowest BCUT2D eigenvalue weighted by atomic mass is 9.97. The number of piperidine rings is 1. The minimum atomic E-state index is -0.684. The van der Waals surface area contributed by atoms with Crippen LogP contribution >= 0.6 is 0 Å². The molecule has 88 valence electrons. The summed E-state index contributed by atoms with van der Waals surface area (Å²) >= 11 is 0. The van der Waals surface area contributed by atoms with Crippen LogP contribution in [0.2, 0.25) is 0 Å². The van der Waals surface area contributed by atoms with Gasteiger partial charge in [-0.2, -0.15) is 0 Å². The maximum Gasteiger partial charge on any atom is 0.307 e. The third kappa shape index (κ3) is 2.27. The van der Waals surface area contributed by atoms with E-state index in [0.717, 1.165) is 25.1 Å². The van der Waals surface area contributed by atoms with Crippen molar-refractivity contribution in [1.82, 2.24) is 4.90 Å². The summed E-state index contributed by atoms with van der Waals surface area (Å²) in [5.41, 5.74) is 0. The molecule has 4 heteroatoms. The predicted octanol–water partition coefficient (Wildman–Crippen LogP) is 2.14. The van der Waals surface area contributed by atoms with E-state index in [2.05, 4.69) is 11.8 Å². The van der Waals surface area contributed by atoms with Gasteiger partial charge in [0.2, 0.25) is 0 Å². The third-order valence-corrected chi connectivity index (χ3v) is 3.30. The number of rotatable bonds is 3. The van der Waals surface area contributed by atoms with Crippen LogP contribution in [0.25, 0.3) is 0 Å². The Morgan fingerprint density at radius 1 is 1.69 bits per heavy atom. The van der Waals surface area contributed by atoms with Crippen LogP contribution < -0.4 is 0 Å². The summed E-state index contributed by atoms with van der Waals surface area (Å²) in [6.07, 6.45) is 3.39. The van der Waals surface area contributed by atoms with Gasteiger partial charge in [0.05, 0.1) is 18.2 Å². The molecule has 0 saturated carbocycles. The second-order valence-corrected chi connectivity index (χ2v) is 4.36. The summed E-state index contributed by atoms with van der Waals surface area (Å²) in [6.45, 7) is 3.63. The number of carboxylic acids is 1. The molecule has 1 saturated heterocycles. The average molecular weight is 223 g/mol. The number of nitrogens with zero attached hydrogens (tertiary/aromatic N) is 1. The Labute approximate surface area is 94.9 Å². The summed E-state index contributed by atoms with van der Waals surface area (Å²) in [5.74, 6) is -0.00598. The van der Waals surface area contributed by atoms with Crippen LogP contribution in [0.15, 0.2) is 22.8 Å². The standard InChI is InChI=1S/C12H17NO3/c1-9(11-5-3-7-16-11)13-6-2-4-10(8-13)12(14)15/h3,5,7,9-10H,2,4,6,8H2,1H3,(H,14,15). The van der Waals surface area contributed by atoms with Gasteiger partial charge >= 0.3 is 5.97 Å². The molecule has 2 atom stereocenters. The van der Waals surface area contributed by atoms with E-state index in [-0.39, 0.29) is 12.0 Å². The van der Waals surface area contributed by atoms with Crippen molar-refractivity contribution in [2.45, 2.75) is 25.8 Å². The van der Waals surface area contributed by atoms with Crippen LogP contribution in [0.3, 0.4) is 0 Å². The lowest BCUT2D eigenvalue weighted by molar-refractivity contribution is -0.144. The first-order chi connectivity index (χ1) is 7.68. The van der Waals surface area contributed by atoms with Crippen molar-refractivity contribution >= 4 is 5.97 Å². The smallest absolute Gasteiger partial charge is 0.307 e. The van der Waals surface area contributed by atoms with E-state index in [4.69, 9.17) is 9.52 Å². The highest BCUT2D eigenvalue weighted by Crippen LogP contribution is 2.26. The molecule has 0 amide bonds. The molecule has 0 aromatic carbocycles. The maximum absolute atomic E-state index is 11.0. The number of furan rings is 1. The summed E-state index contributed by atoms with van der Waals surface area (Å²) in [6, 6.07) is 3.97. The van der Waals surface area contributed by atoms with E-state index in [0.29, 0.717) is 6.54 Å². The molecule has 1 aromatic rings. The highest BCUT2D eigenvalue weighted by molar-refractivity contribution is 5.70. The Kier molecular flexibility index (Phi) is 3.29. The number of carbonyl (C=O) groups is 1. The molecule has 2 rings (SSSR count). The van der Waals surface area contributed by atoms with Crippen molar-refractivity contribution in [2.75, 3.05) is 13.1 Å². The zero-order valence-electron chi connectivity index (χ0n) is 9.43. The van der Waals surface area contributed by atoms with Crippen molar-refractivity contribution in [3.63, 3.8) is 0 Å². The zero-order valence-corrected chi connectivity index (χ0v) is 9.43. The molecule has 1 aromatic heterocycles. The molecule has 0 aliphatic carbocycles. The fourth-order valence-corrected chi connectivity index (χ4v) is 2.27. The fraction of sp³-hybridized carbons (Fsp3) is 0.583. The van der Waals surface area contributed by atoms with E-state index in [1.807, 2.05) is 12.1 Å². The number of carboxylic acid groups (broad SMARTS) is 1. The molecule has 16 heavy (non-hydrogen) atoms. The molecule has 0 radical (unpaired) electrons. The monoisotopic (exact) mass is 223 g/mol. The Bertz CT molecular complexity index is 347. The highest BCUT2D eigenvalue weighted by Gasteiger charge is 2.29. The molecule has 1 N–H and O–H groups in total. The van der Waals surface area contributed by atoms with Crippen LogP contribution in [0.1, 0.15) is 31.6 Å². The van der Waals surface area contributed by atoms with Gasteiger partial charge in [0.1, 0.15) is 5.76 Å². The van der Waals surface area contributed by atoms with Crippen LogP contribution in [0.4, 0.5) is 0 Å². The molecular weight excluding hydrogens is 206 g/mol. The van der Waals surface area contributed by atoms with Gasteiger partial charge in [-0.25, -0.2) is 0 Å². The molecule has 1 aliphatic rings. The third-order valence-electron chi connectivity index (χ3n) is 3.30. The Balaban J connectivity index is 2.01. The van der Waals surface area contributed by atoms with Crippen molar-refractivity contribution in [2.24, 2.45) is 5.92 Å². The van der Waals surface area contributed by atoms with Crippen molar-refractivity contribution < 1.29 is 14.3 Å². The van der Waals surface area contributed by atoms with Crippen molar-refractivity contribution in [1.29, 1.82) is 0 Å². The normalized spacial score (nSPS) is 24.2. The Hall–Kier alpha value is -1.29. The van der Waals surface area contributed by atoms with Gasteiger partial charge < -0.3 is 9.52 Å². The average Bonchev–Trinajstić information content (AvgIpc) is 2.81. The molecule has 0 spiro atoms. The van der Waals surface area contributed by atoms with Crippen LogP contribution in [0, 0.1) is 5.92 Å². The summed E-state index contributed by atoms with van der Waals surface area (Å²) in [4.78, 5) is 13.1. The Morgan fingerprint density at radius 3 is 3.12 bits per heavy atom. The minimum absolute atomic E-state index is 0.164. The summed E-state index contributed by atoms with van der Waals surface area (Å²) in [5, 5.41) is 9.02. The molecular formula is C12H17NO3. The lowest BCUT2D eigenvalue weighted by Gasteiger charge is -2.34. The summed E-state index contributed by atoms with van der Waals surface area (Å²) < 4.78 is 5.36. The molecule has 2 unspecified atom stereocenters. The molecule has 0 bridgehead atoms. The lowest BCUT2D eigenvalue weighted by Crippen LogP contribution is -2.39. The fourth-order valence-electron chi connectivity index (χ4n) is 2.27. The van der Waals surface area contributed by atoms with Gasteiger partial charge in [-0.05, 0) is 38.4 Å². The van der Waals surface area contributed by atoms with Gasteiger partial charge in [0.15, 0.2) is 0 Å². The minimum Gasteiger partial charge on any atom is -0.481 e. The SMILES string of the molecule is CC(c1ccco1)N1CCCC(C(=O)O)C1. The van der Waals surface area contributed by atoms with E-state index < -0.39 is 5.97 Å². The zero-order chi connectivity index (χ0) is 11.5. The maximum atomic E-state index is 11.0. The number of hydrogen-bond acceptors (Lipinski definition) is 3. The van der Waals surface area contributed by atoms with Gasteiger partial charge in [-0.3, -0.25) is 9.69 Å². The number of hydrogen-bond donors (Lipinski definition) is 1. The first-order valence-electron chi connectivity index (χ1n) is 5.68. The Morgan fingerprint density at radius 2 is 2.50 bits per heavy atom. The van der Waals surface area contributed by atoms with Crippen LogP contribution in [-0.2, 0) is 4.79 Å².